The average Bonchev–Trinajstić information content (AvgIpc) is 3.40. The molecule has 6 heteroatoms. The molecule has 1 aromatic rings. The minimum absolute atomic E-state index is 0.195. The van der Waals surface area contributed by atoms with Gasteiger partial charge in [0.25, 0.3) is 0 Å². The fourth-order valence-corrected chi connectivity index (χ4v) is 3.50. The number of hydrogen-bond donors (Lipinski definition) is 2. The summed E-state index contributed by atoms with van der Waals surface area (Å²) in [6.45, 7) is 5.47. The van der Waals surface area contributed by atoms with Crippen LogP contribution in [0.5, 0.6) is 0 Å². The zero-order chi connectivity index (χ0) is 19.0. The monoisotopic (exact) mass is 424 g/mol. The molecule has 0 bridgehead atoms. The summed E-state index contributed by atoms with van der Waals surface area (Å²) in [5.41, 5.74) is 1.64. The van der Waals surface area contributed by atoms with Crippen LogP contribution in [0.15, 0.2) is 33.7 Å². The summed E-state index contributed by atoms with van der Waals surface area (Å²) in [6, 6.07) is 8.65. The third kappa shape index (κ3) is 6.56. The van der Waals surface area contributed by atoms with Gasteiger partial charge < -0.3 is 20.3 Å². The first-order valence-electron chi connectivity index (χ1n) is 9.46. The summed E-state index contributed by atoms with van der Waals surface area (Å²) in [7, 11) is 6.01. The van der Waals surface area contributed by atoms with E-state index in [9.17, 15) is 0 Å². The molecule has 0 aromatic heterocycles. The maximum Gasteiger partial charge on any atom is 0.191 e. The largest absolute Gasteiger partial charge is 0.377 e. The molecule has 1 atom stereocenters. The van der Waals surface area contributed by atoms with E-state index in [4.69, 9.17) is 4.74 Å². The van der Waals surface area contributed by atoms with Crippen LogP contribution in [-0.2, 0) is 10.2 Å². The van der Waals surface area contributed by atoms with E-state index in [2.05, 4.69) is 74.8 Å². The highest BCUT2D eigenvalue weighted by molar-refractivity contribution is 9.10. The molecular weight excluding hydrogens is 392 g/mol. The number of guanidine groups is 1. The molecule has 0 aliphatic heterocycles. The molecule has 5 nitrogen and oxygen atoms in total. The van der Waals surface area contributed by atoms with Crippen molar-refractivity contribution < 1.29 is 4.74 Å². The van der Waals surface area contributed by atoms with Crippen LogP contribution < -0.4 is 10.6 Å². The Bertz CT molecular complexity index is 587. The van der Waals surface area contributed by atoms with Crippen LogP contribution in [-0.4, -0.2) is 64.3 Å². The molecule has 2 rings (SSSR count). The van der Waals surface area contributed by atoms with E-state index in [0.29, 0.717) is 0 Å². The van der Waals surface area contributed by atoms with Crippen LogP contribution in [0.4, 0.5) is 0 Å². The minimum atomic E-state index is 0.195. The summed E-state index contributed by atoms with van der Waals surface area (Å²) in [5, 5.41) is 6.94. The summed E-state index contributed by atoms with van der Waals surface area (Å²) in [5.74, 6) is 0.848. The Morgan fingerprint density at radius 2 is 2.12 bits per heavy atom. The molecule has 1 saturated carbocycles. The predicted octanol–water partition coefficient (Wildman–Crippen LogP) is 3.00. The van der Waals surface area contributed by atoms with Gasteiger partial charge in [0, 0.05) is 43.2 Å². The molecule has 0 saturated heterocycles. The highest BCUT2D eigenvalue weighted by Crippen LogP contribution is 2.48. The topological polar surface area (TPSA) is 48.9 Å². The number of nitrogens with one attached hydrogen (secondary N) is 2. The Morgan fingerprint density at radius 3 is 2.69 bits per heavy atom. The molecule has 0 amide bonds. The van der Waals surface area contributed by atoms with Gasteiger partial charge >= 0.3 is 0 Å². The molecule has 2 N–H and O–H groups in total. The third-order valence-corrected chi connectivity index (χ3v) is 5.40. The van der Waals surface area contributed by atoms with E-state index in [1.54, 1.807) is 0 Å². The molecule has 26 heavy (non-hydrogen) atoms. The number of aliphatic imine (C=N–C) groups is 1. The lowest BCUT2D eigenvalue weighted by atomic mass is 9.96. The molecule has 0 spiro atoms. The van der Waals surface area contributed by atoms with E-state index in [1.165, 1.54) is 18.4 Å². The number of benzene rings is 1. The predicted molar refractivity (Wildman–Crippen MR) is 113 cm³/mol. The van der Waals surface area contributed by atoms with Crippen molar-refractivity contribution in [3.63, 3.8) is 0 Å². The molecule has 1 aliphatic carbocycles. The van der Waals surface area contributed by atoms with Gasteiger partial charge in [0.15, 0.2) is 5.96 Å². The van der Waals surface area contributed by atoms with Gasteiger partial charge in [-0.2, -0.15) is 0 Å². The highest BCUT2D eigenvalue weighted by atomic mass is 79.9. The summed E-state index contributed by atoms with van der Waals surface area (Å²) in [6.07, 6.45) is 3.64. The first-order chi connectivity index (χ1) is 12.5. The normalized spacial score (nSPS) is 17.2. The molecule has 0 heterocycles. The molecule has 1 aromatic carbocycles. The van der Waals surface area contributed by atoms with E-state index in [1.807, 2.05) is 14.0 Å². The highest BCUT2D eigenvalue weighted by Gasteiger charge is 2.44. The van der Waals surface area contributed by atoms with Crippen LogP contribution in [0, 0.1) is 0 Å². The SMILES string of the molecule is CCOC(CCN(C)C)CNC(=NC)NCC1(c2cccc(Br)c2)CC1. The lowest BCUT2D eigenvalue weighted by Gasteiger charge is -2.23. The fraction of sp³-hybridized carbons (Fsp3) is 0.650. The Kier molecular flexibility index (Phi) is 8.38. The fourth-order valence-electron chi connectivity index (χ4n) is 3.10. The third-order valence-electron chi connectivity index (χ3n) is 4.91. The lowest BCUT2D eigenvalue weighted by molar-refractivity contribution is 0.0548. The Hall–Kier alpha value is -1.11. The molecular formula is C20H33BrN4O. The molecule has 1 aliphatic rings. The minimum Gasteiger partial charge on any atom is -0.377 e. The second-order valence-electron chi connectivity index (χ2n) is 7.27. The molecule has 1 fully saturated rings. The number of halogens is 1. The van der Waals surface area contributed by atoms with Gasteiger partial charge in [0.05, 0.1) is 6.10 Å². The van der Waals surface area contributed by atoms with Crippen LogP contribution >= 0.6 is 15.9 Å². The number of rotatable bonds is 10. The summed E-state index contributed by atoms with van der Waals surface area (Å²) in [4.78, 5) is 6.57. The molecule has 0 radical (unpaired) electrons. The molecule has 146 valence electrons. The molecule has 1 unspecified atom stereocenters. The van der Waals surface area contributed by atoms with Gasteiger partial charge in [-0.1, -0.05) is 28.1 Å². The summed E-state index contributed by atoms with van der Waals surface area (Å²) < 4.78 is 6.99. The van der Waals surface area contributed by atoms with Crippen molar-refractivity contribution >= 4 is 21.9 Å². The number of hydrogen-bond acceptors (Lipinski definition) is 3. The van der Waals surface area contributed by atoms with E-state index >= 15 is 0 Å². The van der Waals surface area contributed by atoms with Crippen LogP contribution in [0.1, 0.15) is 31.7 Å². The van der Waals surface area contributed by atoms with Crippen LogP contribution in [0.2, 0.25) is 0 Å². The second-order valence-corrected chi connectivity index (χ2v) is 8.18. The Balaban J connectivity index is 1.83. The number of ether oxygens (including phenoxy) is 1. The van der Waals surface area contributed by atoms with Crippen LogP contribution in [0.25, 0.3) is 0 Å². The standard InChI is InChI=1S/C20H33BrN4O/c1-5-26-18(9-12-25(3)4)14-23-19(22-2)24-15-20(10-11-20)16-7-6-8-17(21)13-16/h6-8,13,18H,5,9-12,14-15H2,1-4H3,(H2,22,23,24). The lowest BCUT2D eigenvalue weighted by Crippen LogP contribution is -2.44. The van der Waals surface area contributed by atoms with Crippen molar-refractivity contribution in [1.29, 1.82) is 0 Å². The van der Waals surface area contributed by atoms with Gasteiger partial charge in [-0.15, -0.1) is 0 Å². The Morgan fingerprint density at radius 1 is 1.35 bits per heavy atom. The maximum absolute atomic E-state index is 5.85. The zero-order valence-electron chi connectivity index (χ0n) is 16.5. The van der Waals surface area contributed by atoms with E-state index in [-0.39, 0.29) is 11.5 Å². The van der Waals surface area contributed by atoms with E-state index < -0.39 is 0 Å². The van der Waals surface area contributed by atoms with E-state index in [0.717, 1.165) is 43.1 Å². The van der Waals surface area contributed by atoms with Gasteiger partial charge in [0.2, 0.25) is 0 Å². The Labute approximate surface area is 166 Å². The second kappa shape index (κ2) is 10.3. The van der Waals surface area contributed by atoms with Crippen LogP contribution in [0.3, 0.4) is 0 Å². The number of nitrogens with zero attached hydrogens (tertiary/aromatic N) is 2. The maximum atomic E-state index is 5.85. The first-order valence-corrected chi connectivity index (χ1v) is 10.3. The van der Waals surface area contributed by atoms with Gasteiger partial charge in [-0.05, 0) is 58.0 Å². The quantitative estimate of drug-likeness (QED) is 0.447. The van der Waals surface area contributed by atoms with Crippen molar-refractivity contribution in [2.45, 2.75) is 37.7 Å². The van der Waals surface area contributed by atoms with Crippen molar-refractivity contribution in [3.05, 3.63) is 34.3 Å². The van der Waals surface area contributed by atoms with Crippen molar-refractivity contribution in [2.75, 3.05) is 47.4 Å². The summed E-state index contributed by atoms with van der Waals surface area (Å²) >= 11 is 3.58. The first kappa shape index (κ1) is 21.2. The van der Waals surface area contributed by atoms with Gasteiger partial charge in [-0.25, -0.2) is 0 Å². The van der Waals surface area contributed by atoms with Crippen molar-refractivity contribution in [2.24, 2.45) is 4.99 Å². The van der Waals surface area contributed by atoms with Gasteiger partial charge in [-0.3, -0.25) is 4.99 Å². The van der Waals surface area contributed by atoms with Crippen molar-refractivity contribution in [3.8, 4) is 0 Å². The average molecular weight is 425 g/mol. The van der Waals surface area contributed by atoms with Crippen molar-refractivity contribution in [1.82, 2.24) is 15.5 Å². The van der Waals surface area contributed by atoms with Gasteiger partial charge in [0.1, 0.15) is 0 Å². The zero-order valence-corrected chi connectivity index (χ0v) is 18.1. The smallest absolute Gasteiger partial charge is 0.191 e.